The second kappa shape index (κ2) is 6.75. The summed E-state index contributed by atoms with van der Waals surface area (Å²) in [5, 5.41) is 0. The summed E-state index contributed by atoms with van der Waals surface area (Å²) in [6, 6.07) is 5.11. The van der Waals surface area contributed by atoms with Gasteiger partial charge < -0.3 is 4.90 Å². The number of urea groups is 1. The van der Waals surface area contributed by atoms with E-state index in [-0.39, 0.29) is 18.7 Å². The highest BCUT2D eigenvalue weighted by Gasteiger charge is 2.64. The summed E-state index contributed by atoms with van der Waals surface area (Å²) in [6.45, 7) is -0.132. The van der Waals surface area contributed by atoms with Crippen LogP contribution in [0.5, 0.6) is 0 Å². The monoisotopic (exact) mass is 469 g/mol. The first kappa shape index (κ1) is 20.9. The van der Waals surface area contributed by atoms with E-state index in [1.807, 2.05) is 0 Å². The van der Waals surface area contributed by atoms with Crippen LogP contribution in [0.3, 0.4) is 0 Å². The van der Waals surface area contributed by atoms with Crippen molar-refractivity contribution in [2.24, 2.45) is 0 Å². The van der Waals surface area contributed by atoms with Crippen molar-refractivity contribution >= 4 is 27.6 Å². The smallest absolute Gasteiger partial charge is 0.306 e. The van der Waals surface area contributed by atoms with E-state index in [0.717, 1.165) is 28.6 Å². The van der Waals surface area contributed by atoms with Gasteiger partial charge >= 0.3 is 12.2 Å². The SMILES string of the molecule is O=C1[C@H]2[C@@H]3C[C@@H](CN3S(=O)(=O)c3ccccc3F)N2C(=O)N1c1cccc(C(F)(F)F)c1. The third kappa shape index (κ3) is 2.85. The summed E-state index contributed by atoms with van der Waals surface area (Å²) in [4.78, 5) is 27.4. The van der Waals surface area contributed by atoms with Crippen LogP contribution >= 0.6 is 0 Å². The van der Waals surface area contributed by atoms with E-state index >= 15 is 0 Å². The molecular formula is C20H15F4N3O4S. The summed E-state index contributed by atoms with van der Waals surface area (Å²) in [7, 11) is -4.29. The maximum absolute atomic E-state index is 14.2. The normalized spacial score (nSPS) is 25.7. The van der Waals surface area contributed by atoms with E-state index in [4.69, 9.17) is 0 Å². The lowest BCUT2D eigenvalue weighted by molar-refractivity contribution is -0.137. The molecule has 3 saturated heterocycles. The minimum atomic E-state index is -4.67. The lowest BCUT2D eigenvalue weighted by atomic mass is 10.1. The molecule has 2 bridgehead atoms. The Hall–Kier alpha value is -2.99. The third-order valence-electron chi connectivity index (χ3n) is 6.07. The lowest BCUT2D eigenvalue weighted by Crippen LogP contribution is -2.54. The Kier molecular flexibility index (Phi) is 4.41. The van der Waals surface area contributed by atoms with Crippen molar-refractivity contribution in [2.45, 2.75) is 35.6 Å². The van der Waals surface area contributed by atoms with Crippen LogP contribution in [0.25, 0.3) is 0 Å². The minimum absolute atomic E-state index is 0.132. The molecule has 0 spiro atoms. The molecule has 3 amide bonds. The van der Waals surface area contributed by atoms with Gasteiger partial charge in [-0.1, -0.05) is 18.2 Å². The number of hydrogen-bond acceptors (Lipinski definition) is 4. The molecule has 5 rings (SSSR count). The van der Waals surface area contributed by atoms with Gasteiger partial charge in [-0.3, -0.25) is 4.79 Å². The fraction of sp³-hybridized carbons (Fsp3) is 0.300. The van der Waals surface area contributed by atoms with E-state index in [2.05, 4.69) is 0 Å². The zero-order valence-electron chi connectivity index (χ0n) is 16.2. The quantitative estimate of drug-likeness (QED) is 0.512. The fourth-order valence-electron chi connectivity index (χ4n) is 4.73. The molecule has 0 aliphatic carbocycles. The first-order chi connectivity index (χ1) is 15.0. The van der Waals surface area contributed by atoms with Gasteiger partial charge in [-0.15, -0.1) is 0 Å². The first-order valence-corrected chi connectivity index (χ1v) is 11.1. The molecule has 2 aromatic rings. The number of benzene rings is 2. The van der Waals surface area contributed by atoms with Crippen LogP contribution < -0.4 is 4.90 Å². The van der Waals surface area contributed by atoms with Gasteiger partial charge in [0.1, 0.15) is 16.8 Å². The molecule has 7 nitrogen and oxygen atoms in total. The Labute approximate surface area is 179 Å². The maximum atomic E-state index is 14.2. The molecule has 32 heavy (non-hydrogen) atoms. The summed E-state index contributed by atoms with van der Waals surface area (Å²) >= 11 is 0. The van der Waals surface area contributed by atoms with Crippen molar-refractivity contribution < 1.29 is 35.6 Å². The van der Waals surface area contributed by atoms with Gasteiger partial charge in [-0.25, -0.2) is 22.5 Å². The molecule has 12 heteroatoms. The van der Waals surface area contributed by atoms with Gasteiger partial charge in [0, 0.05) is 12.6 Å². The number of sulfonamides is 1. The first-order valence-electron chi connectivity index (χ1n) is 9.61. The van der Waals surface area contributed by atoms with Crippen molar-refractivity contribution in [3.05, 3.63) is 59.9 Å². The van der Waals surface area contributed by atoms with Gasteiger partial charge in [0.2, 0.25) is 10.0 Å². The number of carbonyl (C=O) groups is 2. The number of anilines is 1. The molecule has 0 aromatic heterocycles. The van der Waals surface area contributed by atoms with Crippen molar-refractivity contribution in [1.82, 2.24) is 9.21 Å². The van der Waals surface area contributed by atoms with Crippen LogP contribution in [-0.2, 0) is 21.0 Å². The number of hydrogen-bond donors (Lipinski definition) is 0. The number of halogens is 4. The van der Waals surface area contributed by atoms with Crippen molar-refractivity contribution in [1.29, 1.82) is 0 Å². The number of fused-ring (bicyclic) bond motifs is 5. The molecular weight excluding hydrogens is 454 g/mol. The number of amides is 3. The van der Waals surface area contributed by atoms with Crippen LogP contribution in [-0.4, -0.2) is 54.2 Å². The topological polar surface area (TPSA) is 78.0 Å². The van der Waals surface area contributed by atoms with Crippen molar-refractivity contribution in [2.75, 3.05) is 11.4 Å². The number of alkyl halides is 3. The van der Waals surface area contributed by atoms with E-state index in [1.54, 1.807) is 0 Å². The summed E-state index contributed by atoms with van der Waals surface area (Å²) in [6.07, 6.45) is -4.48. The molecule has 3 fully saturated rings. The second-order valence-electron chi connectivity index (χ2n) is 7.82. The van der Waals surface area contributed by atoms with E-state index < -0.39 is 62.5 Å². The third-order valence-corrected chi connectivity index (χ3v) is 8.00. The number of piperazine rings is 1. The molecule has 2 aromatic carbocycles. The Bertz CT molecular complexity index is 1250. The van der Waals surface area contributed by atoms with Crippen molar-refractivity contribution in [3.8, 4) is 0 Å². The molecule has 0 N–H and O–H groups in total. The average Bonchev–Trinajstić information content (AvgIpc) is 3.39. The number of imide groups is 1. The highest BCUT2D eigenvalue weighted by Crippen LogP contribution is 2.45. The van der Waals surface area contributed by atoms with Gasteiger partial charge in [-0.05, 0) is 36.8 Å². The lowest BCUT2D eigenvalue weighted by Gasteiger charge is -2.34. The zero-order chi connectivity index (χ0) is 23.0. The van der Waals surface area contributed by atoms with Gasteiger partial charge in [0.05, 0.1) is 17.3 Å². The standard InChI is InChI=1S/C20H15F4N3O4S/c21-14-6-1-2-7-16(14)32(30,31)25-10-13-9-15(25)17-18(28)27(19(29)26(13)17)12-5-3-4-11(8-12)20(22,23)24/h1-8,13,15,17H,9-10H2/t13-,15-,17+/m0/s1. The highest BCUT2D eigenvalue weighted by molar-refractivity contribution is 7.89. The van der Waals surface area contributed by atoms with Gasteiger partial charge in [0.15, 0.2) is 0 Å². The Morgan fingerprint density at radius 3 is 2.41 bits per heavy atom. The zero-order valence-corrected chi connectivity index (χ0v) is 17.0. The fourth-order valence-corrected chi connectivity index (χ4v) is 6.47. The summed E-state index contributed by atoms with van der Waals surface area (Å²) in [5.41, 5.74) is -1.26. The van der Waals surface area contributed by atoms with Gasteiger partial charge in [0.25, 0.3) is 5.91 Å². The van der Waals surface area contributed by atoms with Crippen LogP contribution in [0.1, 0.15) is 12.0 Å². The molecule has 3 atom stereocenters. The molecule has 0 unspecified atom stereocenters. The Morgan fingerprint density at radius 1 is 1.00 bits per heavy atom. The largest absolute Gasteiger partial charge is 0.416 e. The number of carbonyl (C=O) groups excluding carboxylic acids is 2. The van der Waals surface area contributed by atoms with Gasteiger partial charge in [-0.2, -0.15) is 17.5 Å². The predicted octanol–water partition coefficient (Wildman–Crippen LogP) is 2.83. The molecule has 3 aliphatic heterocycles. The predicted molar refractivity (Wildman–Crippen MR) is 102 cm³/mol. The highest BCUT2D eigenvalue weighted by atomic mass is 32.2. The summed E-state index contributed by atoms with van der Waals surface area (Å²) < 4.78 is 80.6. The Balaban J connectivity index is 1.49. The molecule has 3 aliphatic rings. The van der Waals surface area contributed by atoms with E-state index in [1.165, 1.54) is 23.1 Å². The molecule has 0 radical (unpaired) electrons. The second-order valence-corrected chi connectivity index (χ2v) is 9.68. The molecule has 3 heterocycles. The maximum Gasteiger partial charge on any atom is 0.416 e. The summed E-state index contributed by atoms with van der Waals surface area (Å²) in [5.74, 6) is -1.75. The van der Waals surface area contributed by atoms with Crippen LogP contribution in [0.15, 0.2) is 53.4 Å². The van der Waals surface area contributed by atoms with Crippen LogP contribution in [0.4, 0.5) is 28.0 Å². The van der Waals surface area contributed by atoms with Crippen LogP contribution in [0.2, 0.25) is 0 Å². The van der Waals surface area contributed by atoms with E-state index in [9.17, 15) is 35.6 Å². The minimum Gasteiger partial charge on any atom is -0.306 e. The van der Waals surface area contributed by atoms with Crippen LogP contribution in [0, 0.1) is 5.82 Å². The average molecular weight is 469 g/mol. The van der Waals surface area contributed by atoms with E-state index in [0.29, 0.717) is 11.0 Å². The molecule has 0 saturated carbocycles. The van der Waals surface area contributed by atoms with Crippen molar-refractivity contribution in [3.63, 3.8) is 0 Å². The number of rotatable bonds is 3. The Morgan fingerprint density at radius 2 is 1.72 bits per heavy atom. The number of nitrogens with zero attached hydrogens (tertiary/aromatic N) is 3. The molecule has 168 valence electrons.